The Kier molecular flexibility index (Phi) is 6.47. The summed E-state index contributed by atoms with van der Waals surface area (Å²) in [6.45, 7) is 1.96. The van der Waals surface area contributed by atoms with Crippen LogP contribution in [0.4, 0.5) is 11.4 Å². The summed E-state index contributed by atoms with van der Waals surface area (Å²) in [5, 5.41) is 2.04. The summed E-state index contributed by atoms with van der Waals surface area (Å²) in [6.07, 6.45) is 0. The number of methoxy groups -OCH3 is 2. The Labute approximate surface area is 121 Å². The average Bonchev–Trinajstić information content (AvgIpc) is 2.44. The Hall–Kier alpha value is -1.60. The molecule has 6 nitrogen and oxygen atoms in total. The maximum atomic E-state index is 12.1. The Balaban J connectivity index is 2.75. The summed E-state index contributed by atoms with van der Waals surface area (Å²) in [4.78, 5) is 12.1. The van der Waals surface area contributed by atoms with Crippen LogP contribution in [-0.4, -0.2) is 41.9 Å². The van der Waals surface area contributed by atoms with E-state index >= 15 is 0 Å². The van der Waals surface area contributed by atoms with E-state index in [4.69, 9.17) is 15.2 Å². The number of rotatable bonds is 7. The molecule has 1 aromatic carbocycles. The van der Waals surface area contributed by atoms with Crippen molar-refractivity contribution < 1.29 is 18.5 Å². The summed E-state index contributed by atoms with van der Waals surface area (Å²) >= 11 is 0. The summed E-state index contributed by atoms with van der Waals surface area (Å²) in [6, 6.07) is 4.94. The number of nitrogens with two attached hydrogens (primary N) is 1. The summed E-state index contributed by atoms with van der Waals surface area (Å²) in [5.74, 6) is 0.477. The van der Waals surface area contributed by atoms with E-state index < -0.39 is 16.0 Å². The van der Waals surface area contributed by atoms with Gasteiger partial charge in [0.1, 0.15) is 11.0 Å². The fourth-order valence-electron chi connectivity index (χ4n) is 1.52. The minimum absolute atomic E-state index is 0.319. The Morgan fingerprint density at radius 1 is 1.45 bits per heavy atom. The van der Waals surface area contributed by atoms with Crippen molar-refractivity contribution in [1.29, 1.82) is 0 Å². The zero-order valence-electron chi connectivity index (χ0n) is 11.8. The SMILES string of the molecule is COCCS(=O)C(C)C(=O)Nc1cc(N)ccc1OC. The molecule has 0 heterocycles. The molecule has 0 bridgehead atoms. The molecule has 7 heteroatoms. The lowest BCUT2D eigenvalue weighted by molar-refractivity contribution is -0.115. The molecule has 3 N–H and O–H groups in total. The predicted molar refractivity (Wildman–Crippen MR) is 80.4 cm³/mol. The topological polar surface area (TPSA) is 90.7 Å². The van der Waals surface area contributed by atoms with Crippen molar-refractivity contribution in [2.24, 2.45) is 0 Å². The molecule has 112 valence electrons. The molecule has 0 saturated carbocycles. The van der Waals surface area contributed by atoms with E-state index in [0.717, 1.165) is 0 Å². The van der Waals surface area contributed by atoms with Gasteiger partial charge in [-0.25, -0.2) is 0 Å². The summed E-state index contributed by atoms with van der Waals surface area (Å²) < 4.78 is 21.9. The summed E-state index contributed by atoms with van der Waals surface area (Å²) in [7, 11) is 1.74. The maximum absolute atomic E-state index is 12.1. The molecule has 2 unspecified atom stereocenters. The monoisotopic (exact) mass is 300 g/mol. The number of anilines is 2. The van der Waals surface area contributed by atoms with Gasteiger partial charge in [-0.1, -0.05) is 0 Å². The van der Waals surface area contributed by atoms with Gasteiger partial charge in [0.05, 0.1) is 19.4 Å². The normalized spacial score (nSPS) is 13.6. The van der Waals surface area contributed by atoms with Crippen molar-refractivity contribution in [3.8, 4) is 5.75 Å². The van der Waals surface area contributed by atoms with Crippen molar-refractivity contribution in [3.63, 3.8) is 0 Å². The minimum atomic E-state index is -1.29. The number of nitrogens with one attached hydrogen (secondary N) is 1. The molecule has 1 aromatic rings. The fraction of sp³-hybridized carbons (Fsp3) is 0.462. The van der Waals surface area contributed by atoms with Gasteiger partial charge >= 0.3 is 0 Å². The molecular weight excluding hydrogens is 280 g/mol. The zero-order valence-corrected chi connectivity index (χ0v) is 12.7. The first kappa shape index (κ1) is 16.5. The Bertz CT molecular complexity index is 493. The van der Waals surface area contributed by atoms with Gasteiger partial charge < -0.3 is 20.5 Å². The largest absolute Gasteiger partial charge is 0.495 e. The number of amides is 1. The molecule has 2 atom stereocenters. The van der Waals surface area contributed by atoms with E-state index in [2.05, 4.69) is 5.32 Å². The Morgan fingerprint density at radius 2 is 2.15 bits per heavy atom. The number of nitrogen functional groups attached to an aromatic ring is 1. The van der Waals surface area contributed by atoms with E-state index in [1.807, 2.05) is 0 Å². The molecule has 0 fully saturated rings. The predicted octanol–water partition coefficient (Wildman–Crippen LogP) is 0.999. The smallest absolute Gasteiger partial charge is 0.239 e. The lowest BCUT2D eigenvalue weighted by Gasteiger charge is -2.14. The second kappa shape index (κ2) is 7.86. The van der Waals surface area contributed by atoms with E-state index in [1.54, 1.807) is 25.1 Å². The highest BCUT2D eigenvalue weighted by Gasteiger charge is 2.20. The van der Waals surface area contributed by atoms with Gasteiger partial charge in [0, 0.05) is 29.3 Å². The number of ether oxygens (including phenoxy) is 2. The lowest BCUT2D eigenvalue weighted by atomic mass is 10.2. The van der Waals surface area contributed by atoms with Crippen LogP contribution in [0.5, 0.6) is 5.75 Å². The second-order valence-electron chi connectivity index (χ2n) is 4.17. The van der Waals surface area contributed by atoms with Crippen molar-refractivity contribution in [2.75, 3.05) is 37.6 Å². The van der Waals surface area contributed by atoms with Gasteiger partial charge in [-0.3, -0.25) is 9.00 Å². The zero-order chi connectivity index (χ0) is 15.1. The first-order valence-electron chi connectivity index (χ1n) is 6.10. The van der Waals surface area contributed by atoms with Gasteiger partial charge in [0.2, 0.25) is 5.91 Å². The quantitative estimate of drug-likeness (QED) is 0.733. The van der Waals surface area contributed by atoms with Crippen LogP contribution in [-0.2, 0) is 20.3 Å². The number of carbonyl (C=O) groups is 1. The van der Waals surface area contributed by atoms with Gasteiger partial charge in [-0.15, -0.1) is 0 Å². The van der Waals surface area contributed by atoms with E-state index in [9.17, 15) is 9.00 Å². The highest BCUT2D eigenvalue weighted by molar-refractivity contribution is 7.86. The summed E-state index contributed by atoms with van der Waals surface area (Å²) in [5.41, 5.74) is 6.65. The van der Waals surface area contributed by atoms with Crippen LogP contribution in [0.3, 0.4) is 0 Å². The molecule has 0 aromatic heterocycles. The van der Waals surface area contributed by atoms with Crippen LogP contribution < -0.4 is 15.8 Å². The van der Waals surface area contributed by atoms with E-state index in [-0.39, 0.29) is 5.91 Å². The molecular formula is C13H20N2O4S. The van der Waals surface area contributed by atoms with Gasteiger partial charge in [-0.05, 0) is 25.1 Å². The average molecular weight is 300 g/mol. The number of carbonyl (C=O) groups excluding carboxylic acids is 1. The third-order valence-corrected chi connectivity index (χ3v) is 4.31. The van der Waals surface area contributed by atoms with Crippen LogP contribution in [0.15, 0.2) is 18.2 Å². The van der Waals surface area contributed by atoms with Crippen LogP contribution in [0.1, 0.15) is 6.92 Å². The minimum Gasteiger partial charge on any atom is -0.495 e. The molecule has 1 amide bonds. The first-order chi connectivity index (χ1) is 9.49. The molecule has 20 heavy (non-hydrogen) atoms. The van der Waals surface area contributed by atoms with Gasteiger partial charge in [0.15, 0.2) is 0 Å². The molecule has 0 aliphatic rings. The van der Waals surface area contributed by atoms with Gasteiger partial charge in [0.25, 0.3) is 0 Å². The van der Waals surface area contributed by atoms with Crippen LogP contribution in [0.25, 0.3) is 0 Å². The van der Waals surface area contributed by atoms with E-state index in [1.165, 1.54) is 14.2 Å². The lowest BCUT2D eigenvalue weighted by Crippen LogP contribution is -2.31. The standard InChI is InChI=1S/C13H20N2O4S/c1-9(20(17)7-6-18-2)13(16)15-11-8-10(14)4-5-12(11)19-3/h4-5,8-9H,6-7,14H2,1-3H3,(H,15,16). The fourth-order valence-corrected chi connectivity index (χ4v) is 2.50. The van der Waals surface area contributed by atoms with Crippen molar-refractivity contribution in [2.45, 2.75) is 12.2 Å². The second-order valence-corrected chi connectivity index (χ2v) is 6.05. The molecule has 0 spiro atoms. The van der Waals surface area contributed by atoms with Gasteiger partial charge in [-0.2, -0.15) is 0 Å². The molecule has 1 rings (SSSR count). The molecule has 0 aliphatic heterocycles. The molecule has 0 aliphatic carbocycles. The highest BCUT2D eigenvalue weighted by Crippen LogP contribution is 2.26. The van der Waals surface area contributed by atoms with Crippen LogP contribution >= 0.6 is 0 Å². The van der Waals surface area contributed by atoms with Crippen LogP contribution in [0.2, 0.25) is 0 Å². The third-order valence-electron chi connectivity index (χ3n) is 2.73. The highest BCUT2D eigenvalue weighted by atomic mass is 32.2. The van der Waals surface area contributed by atoms with Crippen molar-refractivity contribution in [1.82, 2.24) is 0 Å². The van der Waals surface area contributed by atoms with E-state index in [0.29, 0.717) is 29.5 Å². The number of hydrogen-bond acceptors (Lipinski definition) is 5. The third kappa shape index (κ3) is 4.50. The van der Waals surface area contributed by atoms with Crippen molar-refractivity contribution >= 4 is 28.1 Å². The number of benzene rings is 1. The van der Waals surface area contributed by atoms with Crippen molar-refractivity contribution in [3.05, 3.63) is 18.2 Å². The maximum Gasteiger partial charge on any atom is 0.239 e. The molecule has 0 radical (unpaired) electrons. The number of hydrogen-bond donors (Lipinski definition) is 2. The first-order valence-corrected chi connectivity index (χ1v) is 7.48. The Morgan fingerprint density at radius 3 is 2.75 bits per heavy atom. The molecule has 0 saturated heterocycles. The van der Waals surface area contributed by atoms with Crippen LogP contribution in [0, 0.1) is 0 Å².